The van der Waals surface area contributed by atoms with Crippen LogP contribution in [0.2, 0.25) is 0 Å². The number of thiol groups is 1. The smallest absolute Gasteiger partial charge is 0.268 e. The molecule has 1 aromatic rings. The summed E-state index contributed by atoms with van der Waals surface area (Å²) in [5.41, 5.74) is 0.924. The molecule has 0 atom stereocenters. The van der Waals surface area contributed by atoms with Crippen molar-refractivity contribution >= 4 is 18.3 Å². The number of rotatable bonds is 7. The Morgan fingerprint density at radius 1 is 1.33 bits per heavy atom. The predicted molar refractivity (Wildman–Crippen MR) is 88.4 cm³/mol. The third kappa shape index (κ3) is 4.74. The first-order valence-corrected chi connectivity index (χ1v) is 8.33. The molecule has 0 spiro atoms. The molecular weight excluding hydrogens is 286 g/mol. The van der Waals surface area contributed by atoms with Crippen LogP contribution in [0.1, 0.15) is 32.1 Å². The summed E-state index contributed by atoms with van der Waals surface area (Å²) in [5, 5.41) is 4.30. The van der Waals surface area contributed by atoms with Crippen LogP contribution in [0.25, 0.3) is 0 Å². The lowest BCUT2D eigenvalue weighted by molar-refractivity contribution is 0.0819. The molecule has 5 nitrogen and oxygen atoms in total. The average Bonchev–Trinajstić information content (AvgIpc) is 2.53. The van der Waals surface area contributed by atoms with Gasteiger partial charge in [-0.15, -0.1) is 0 Å². The van der Waals surface area contributed by atoms with Crippen molar-refractivity contribution in [1.29, 1.82) is 0 Å². The fraction of sp³-hybridized carbons (Fsp3) is 0.733. The quantitative estimate of drug-likeness (QED) is 0.618. The zero-order valence-electron chi connectivity index (χ0n) is 12.7. The highest BCUT2D eigenvalue weighted by molar-refractivity contribution is 7.80. The van der Waals surface area contributed by atoms with Crippen LogP contribution in [-0.2, 0) is 11.3 Å². The highest BCUT2D eigenvalue weighted by Crippen LogP contribution is 2.18. The Morgan fingerprint density at radius 2 is 2.10 bits per heavy atom. The van der Waals surface area contributed by atoms with Crippen molar-refractivity contribution in [2.45, 2.75) is 44.8 Å². The van der Waals surface area contributed by atoms with Crippen molar-refractivity contribution in [3.8, 4) is 0 Å². The second-order valence-corrected chi connectivity index (χ2v) is 5.93. The molecule has 2 rings (SSSR count). The van der Waals surface area contributed by atoms with Gasteiger partial charge in [0.05, 0.1) is 18.0 Å². The summed E-state index contributed by atoms with van der Waals surface area (Å²) in [6.07, 6.45) is 7.32. The Labute approximate surface area is 131 Å². The minimum absolute atomic E-state index is 0.00719. The van der Waals surface area contributed by atoms with Gasteiger partial charge in [-0.25, -0.2) is 4.68 Å². The van der Waals surface area contributed by atoms with Gasteiger partial charge in [0.15, 0.2) is 0 Å². The lowest BCUT2D eigenvalue weighted by atomic mass is 10.1. The van der Waals surface area contributed by atoms with E-state index in [0.29, 0.717) is 12.6 Å². The molecule has 0 saturated carbocycles. The number of aryl methyl sites for hydroxylation is 1. The van der Waals surface area contributed by atoms with Crippen molar-refractivity contribution in [1.82, 2.24) is 9.78 Å². The van der Waals surface area contributed by atoms with E-state index in [1.165, 1.54) is 0 Å². The van der Waals surface area contributed by atoms with Gasteiger partial charge in [-0.2, -0.15) is 17.7 Å². The molecule has 6 heteroatoms. The molecular formula is C15H25N3O2S. The lowest BCUT2D eigenvalue weighted by Gasteiger charge is -2.32. The molecule has 0 aliphatic carbocycles. The summed E-state index contributed by atoms with van der Waals surface area (Å²) in [4.78, 5) is 14.3. The van der Waals surface area contributed by atoms with Gasteiger partial charge >= 0.3 is 0 Å². The minimum Gasteiger partial charge on any atom is -0.381 e. The molecule has 0 N–H and O–H groups in total. The maximum Gasteiger partial charge on any atom is 0.268 e. The average molecular weight is 311 g/mol. The molecule has 1 aromatic heterocycles. The van der Waals surface area contributed by atoms with Crippen molar-refractivity contribution in [3.05, 3.63) is 22.6 Å². The molecule has 1 aliphatic heterocycles. The zero-order valence-corrected chi connectivity index (χ0v) is 13.6. The topological polar surface area (TPSA) is 47.4 Å². The second-order valence-electron chi connectivity index (χ2n) is 5.48. The number of nitrogens with zero attached hydrogens (tertiary/aromatic N) is 3. The molecule has 2 heterocycles. The van der Waals surface area contributed by atoms with E-state index in [9.17, 15) is 4.79 Å². The van der Waals surface area contributed by atoms with Gasteiger partial charge in [0.25, 0.3) is 5.56 Å². The van der Waals surface area contributed by atoms with E-state index in [0.717, 1.165) is 56.6 Å². The molecule has 1 saturated heterocycles. The first kappa shape index (κ1) is 16.4. The molecule has 0 aromatic carbocycles. The Bertz CT molecular complexity index is 484. The summed E-state index contributed by atoms with van der Waals surface area (Å²) in [7, 11) is 1.76. The molecule has 0 amide bonds. The van der Waals surface area contributed by atoms with Crippen molar-refractivity contribution in [3.63, 3.8) is 0 Å². The van der Waals surface area contributed by atoms with E-state index in [1.807, 2.05) is 6.20 Å². The van der Waals surface area contributed by atoms with Crippen molar-refractivity contribution < 1.29 is 4.74 Å². The minimum atomic E-state index is -0.00719. The lowest BCUT2D eigenvalue weighted by Crippen LogP contribution is -2.37. The highest BCUT2D eigenvalue weighted by Gasteiger charge is 2.19. The van der Waals surface area contributed by atoms with Gasteiger partial charge in [0, 0.05) is 32.8 Å². The van der Waals surface area contributed by atoms with Crippen LogP contribution >= 0.6 is 12.6 Å². The summed E-state index contributed by atoms with van der Waals surface area (Å²) < 4.78 is 6.93. The zero-order chi connectivity index (χ0) is 15.1. The fourth-order valence-electron chi connectivity index (χ4n) is 2.66. The van der Waals surface area contributed by atoms with Gasteiger partial charge in [0.1, 0.15) is 0 Å². The highest BCUT2D eigenvalue weighted by atomic mass is 32.1. The molecule has 21 heavy (non-hydrogen) atoms. The second kappa shape index (κ2) is 8.44. The molecule has 0 unspecified atom stereocenters. The summed E-state index contributed by atoms with van der Waals surface area (Å²) >= 11 is 4.19. The third-order valence-corrected chi connectivity index (χ3v) is 4.34. The monoisotopic (exact) mass is 311 g/mol. The Kier molecular flexibility index (Phi) is 6.57. The number of anilines is 1. The van der Waals surface area contributed by atoms with Crippen LogP contribution in [-0.4, -0.2) is 41.8 Å². The van der Waals surface area contributed by atoms with Crippen LogP contribution in [0.15, 0.2) is 17.1 Å². The maximum atomic E-state index is 12.1. The number of ether oxygens (including phenoxy) is 1. The van der Waals surface area contributed by atoms with Gasteiger partial charge in [-0.3, -0.25) is 4.79 Å². The Hall–Kier alpha value is -1.01. The number of methoxy groups -OCH3 is 1. The Balaban J connectivity index is 1.91. The number of unbranched alkanes of at least 4 members (excludes halogenated alkanes) is 2. The molecule has 1 fully saturated rings. The van der Waals surface area contributed by atoms with Crippen LogP contribution in [0, 0.1) is 0 Å². The molecule has 118 valence electrons. The standard InChI is InChI=1S/C15H25N3O2S/c1-20-14-5-8-17(9-6-14)13-11-15(19)18(16-12-13)7-3-2-4-10-21/h11-12,14,21H,2-10H2,1H3. The first-order valence-electron chi connectivity index (χ1n) is 7.70. The van der Waals surface area contributed by atoms with E-state index in [2.05, 4.69) is 22.6 Å². The summed E-state index contributed by atoms with van der Waals surface area (Å²) in [6, 6.07) is 1.71. The van der Waals surface area contributed by atoms with Crippen LogP contribution in [0.4, 0.5) is 5.69 Å². The number of hydrogen-bond donors (Lipinski definition) is 1. The van der Waals surface area contributed by atoms with Crippen LogP contribution in [0.5, 0.6) is 0 Å². The van der Waals surface area contributed by atoms with E-state index < -0.39 is 0 Å². The molecule has 0 radical (unpaired) electrons. The number of aromatic nitrogens is 2. The van der Waals surface area contributed by atoms with Gasteiger partial charge in [-0.05, 0) is 31.4 Å². The number of hydrogen-bond acceptors (Lipinski definition) is 5. The van der Waals surface area contributed by atoms with Gasteiger partial charge in [-0.1, -0.05) is 6.42 Å². The summed E-state index contributed by atoms with van der Waals surface area (Å²) in [6.45, 7) is 2.54. The fourth-order valence-corrected chi connectivity index (χ4v) is 2.89. The van der Waals surface area contributed by atoms with Crippen molar-refractivity contribution in [2.75, 3.05) is 30.9 Å². The summed E-state index contributed by atoms with van der Waals surface area (Å²) in [5.74, 6) is 0.901. The first-order chi connectivity index (χ1) is 10.2. The van der Waals surface area contributed by atoms with E-state index in [1.54, 1.807) is 17.9 Å². The van der Waals surface area contributed by atoms with E-state index in [-0.39, 0.29) is 5.56 Å². The van der Waals surface area contributed by atoms with E-state index in [4.69, 9.17) is 4.74 Å². The molecule has 1 aliphatic rings. The maximum absolute atomic E-state index is 12.1. The predicted octanol–water partition coefficient (Wildman–Crippen LogP) is 1.96. The van der Waals surface area contributed by atoms with Gasteiger partial charge < -0.3 is 9.64 Å². The van der Waals surface area contributed by atoms with E-state index >= 15 is 0 Å². The SMILES string of the molecule is COC1CCN(c2cnn(CCCCCS)c(=O)c2)CC1. The van der Waals surface area contributed by atoms with Crippen LogP contribution in [0.3, 0.4) is 0 Å². The number of piperidine rings is 1. The normalized spacial score (nSPS) is 16.4. The van der Waals surface area contributed by atoms with Crippen molar-refractivity contribution in [2.24, 2.45) is 0 Å². The third-order valence-electron chi connectivity index (χ3n) is 4.02. The Morgan fingerprint density at radius 3 is 2.71 bits per heavy atom. The van der Waals surface area contributed by atoms with Gasteiger partial charge in [0.2, 0.25) is 0 Å². The molecule has 0 bridgehead atoms. The van der Waals surface area contributed by atoms with Crippen LogP contribution < -0.4 is 10.5 Å². The largest absolute Gasteiger partial charge is 0.381 e.